The number of hydrogen-bond acceptors (Lipinski definition) is 6. The second-order valence-corrected chi connectivity index (χ2v) is 6.48. The monoisotopic (exact) mass is 359 g/mol. The van der Waals surface area contributed by atoms with Gasteiger partial charge in [-0.15, -0.1) is 0 Å². The standard InChI is InChI=1S/C19H25N3O4/c1-3-17-20-18(26-21-17)12-24-16-8-5-9-22(11-16)19(23)13-25-15-7-4-6-14(2)10-15/h4,6-7,10,16H,3,5,8-9,11-13H2,1-2H3. The predicted octanol–water partition coefficient (Wildman–Crippen LogP) is 2.53. The Morgan fingerprint density at radius 1 is 1.42 bits per heavy atom. The first-order valence-electron chi connectivity index (χ1n) is 9.04. The van der Waals surface area contributed by atoms with Crippen LogP contribution in [0.5, 0.6) is 5.75 Å². The van der Waals surface area contributed by atoms with Crippen LogP contribution in [-0.2, 0) is 22.6 Å². The van der Waals surface area contributed by atoms with Gasteiger partial charge in [-0.2, -0.15) is 4.98 Å². The molecule has 1 aliphatic rings. The summed E-state index contributed by atoms with van der Waals surface area (Å²) < 4.78 is 16.6. The van der Waals surface area contributed by atoms with E-state index < -0.39 is 0 Å². The van der Waals surface area contributed by atoms with E-state index in [2.05, 4.69) is 10.1 Å². The lowest BCUT2D eigenvalue weighted by atomic mass is 10.1. The zero-order chi connectivity index (χ0) is 18.4. The van der Waals surface area contributed by atoms with Gasteiger partial charge in [0.05, 0.1) is 6.10 Å². The molecule has 0 aliphatic carbocycles. The van der Waals surface area contributed by atoms with E-state index in [1.165, 1.54) is 0 Å². The number of rotatable bonds is 7. The fraction of sp³-hybridized carbons (Fsp3) is 0.526. The second kappa shape index (κ2) is 8.80. The van der Waals surface area contributed by atoms with Gasteiger partial charge in [-0.3, -0.25) is 4.79 Å². The Kier molecular flexibility index (Phi) is 6.22. The third kappa shape index (κ3) is 5.05. The third-order valence-corrected chi connectivity index (χ3v) is 4.35. The van der Waals surface area contributed by atoms with E-state index >= 15 is 0 Å². The third-order valence-electron chi connectivity index (χ3n) is 4.35. The Balaban J connectivity index is 1.45. The Hall–Kier alpha value is -2.41. The summed E-state index contributed by atoms with van der Waals surface area (Å²) in [5.74, 6) is 1.85. The van der Waals surface area contributed by atoms with Crippen molar-refractivity contribution in [1.82, 2.24) is 15.0 Å². The van der Waals surface area contributed by atoms with Gasteiger partial charge in [0, 0.05) is 19.5 Å². The molecule has 7 nitrogen and oxygen atoms in total. The smallest absolute Gasteiger partial charge is 0.260 e. The molecule has 1 fully saturated rings. The van der Waals surface area contributed by atoms with E-state index in [4.69, 9.17) is 14.0 Å². The van der Waals surface area contributed by atoms with E-state index in [-0.39, 0.29) is 25.2 Å². The molecule has 0 radical (unpaired) electrons. The zero-order valence-electron chi connectivity index (χ0n) is 15.3. The van der Waals surface area contributed by atoms with Gasteiger partial charge in [0.2, 0.25) is 0 Å². The van der Waals surface area contributed by atoms with Crippen LogP contribution in [0, 0.1) is 6.92 Å². The number of benzene rings is 1. The first-order valence-corrected chi connectivity index (χ1v) is 9.04. The van der Waals surface area contributed by atoms with Crippen LogP contribution in [0.4, 0.5) is 0 Å². The van der Waals surface area contributed by atoms with Crippen LogP contribution in [0.1, 0.15) is 37.0 Å². The van der Waals surface area contributed by atoms with Gasteiger partial charge in [-0.25, -0.2) is 0 Å². The van der Waals surface area contributed by atoms with Crippen molar-refractivity contribution in [2.45, 2.75) is 45.8 Å². The average molecular weight is 359 g/mol. The number of hydrogen-bond donors (Lipinski definition) is 0. The largest absolute Gasteiger partial charge is 0.484 e. The fourth-order valence-corrected chi connectivity index (χ4v) is 2.92. The molecule has 0 spiro atoms. The Bertz CT molecular complexity index is 731. The summed E-state index contributed by atoms with van der Waals surface area (Å²) in [6.07, 6.45) is 2.53. The van der Waals surface area contributed by atoms with E-state index in [9.17, 15) is 4.79 Å². The maximum atomic E-state index is 12.4. The molecule has 1 saturated heterocycles. The Morgan fingerprint density at radius 2 is 2.31 bits per heavy atom. The molecular weight excluding hydrogens is 334 g/mol. The summed E-state index contributed by atoms with van der Waals surface area (Å²) in [6, 6.07) is 7.69. The molecular formula is C19H25N3O4. The number of aryl methyl sites for hydroxylation is 2. The highest BCUT2D eigenvalue weighted by Crippen LogP contribution is 2.16. The van der Waals surface area contributed by atoms with Crippen molar-refractivity contribution in [2.75, 3.05) is 19.7 Å². The van der Waals surface area contributed by atoms with Crippen LogP contribution < -0.4 is 4.74 Å². The number of carbonyl (C=O) groups is 1. The van der Waals surface area contributed by atoms with Gasteiger partial charge in [-0.05, 0) is 37.5 Å². The summed E-state index contributed by atoms with van der Waals surface area (Å²) >= 11 is 0. The van der Waals surface area contributed by atoms with Crippen molar-refractivity contribution in [3.63, 3.8) is 0 Å². The van der Waals surface area contributed by atoms with Gasteiger partial charge in [0.1, 0.15) is 12.4 Å². The number of piperidine rings is 1. The molecule has 26 heavy (non-hydrogen) atoms. The zero-order valence-corrected chi connectivity index (χ0v) is 15.3. The molecule has 1 aliphatic heterocycles. The summed E-state index contributed by atoms with van der Waals surface area (Å²) in [5.41, 5.74) is 1.11. The normalized spacial score (nSPS) is 17.3. The van der Waals surface area contributed by atoms with Crippen molar-refractivity contribution in [2.24, 2.45) is 0 Å². The molecule has 0 saturated carbocycles. The Morgan fingerprint density at radius 3 is 3.08 bits per heavy atom. The first-order chi connectivity index (χ1) is 12.6. The lowest BCUT2D eigenvalue weighted by Gasteiger charge is -2.32. The minimum atomic E-state index is -0.0244. The minimum absolute atomic E-state index is 0.0223. The molecule has 2 aromatic rings. The number of likely N-dealkylation sites (tertiary alicyclic amines) is 1. The highest BCUT2D eigenvalue weighted by Gasteiger charge is 2.25. The fourth-order valence-electron chi connectivity index (χ4n) is 2.92. The lowest BCUT2D eigenvalue weighted by molar-refractivity contribution is -0.138. The molecule has 0 N–H and O–H groups in total. The second-order valence-electron chi connectivity index (χ2n) is 6.48. The van der Waals surface area contributed by atoms with Gasteiger partial charge >= 0.3 is 0 Å². The minimum Gasteiger partial charge on any atom is -0.484 e. The first kappa shape index (κ1) is 18.4. The summed E-state index contributed by atoms with van der Waals surface area (Å²) in [5, 5.41) is 3.85. The molecule has 7 heteroatoms. The number of ether oxygens (including phenoxy) is 2. The summed E-state index contributed by atoms with van der Waals surface area (Å²) in [6.45, 7) is 5.58. The van der Waals surface area contributed by atoms with E-state index in [1.54, 1.807) is 4.90 Å². The predicted molar refractivity (Wildman–Crippen MR) is 94.7 cm³/mol. The Labute approximate surface area is 153 Å². The molecule has 1 unspecified atom stereocenters. The number of amides is 1. The van der Waals surface area contributed by atoms with Gasteiger partial charge < -0.3 is 18.9 Å². The van der Waals surface area contributed by atoms with E-state index in [0.717, 1.165) is 31.4 Å². The average Bonchev–Trinajstić information content (AvgIpc) is 3.13. The molecule has 2 heterocycles. The SMILES string of the molecule is CCc1noc(COC2CCCN(C(=O)COc3cccc(C)c3)C2)n1. The number of aromatic nitrogens is 2. The molecule has 1 atom stereocenters. The van der Waals surface area contributed by atoms with Crippen molar-refractivity contribution < 1.29 is 18.8 Å². The molecule has 1 amide bonds. The van der Waals surface area contributed by atoms with Crippen LogP contribution >= 0.6 is 0 Å². The van der Waals surface area contributed by atoms with Crippen LogP contribution in [0.3, 0.4) is 0 Å². The number of carbonyl (C=O) groups excluding carboxylic acids is 1. The van der Waals surface area contributed by atoms with Crippen molar-refractivity contribution in [1.29, 1.82) is 0 Å². The van der Waals surface area contributed by atoms with Crippen molar-refractivity contribution in [3.05, 3.63) is 41.5 Å². The topological polar surface area (TPSA) is 77.7 Å². The molecule has 0 bridgehead atoms. The lowest BCUT2D eigenvalue weighted by Crippen LogP contribution is -2.45. The van der Waals surface area contributed by atoms with Crippen LogP contribution in [-0.4, -0.2) is 46.7 Å². The summed E-state index contributed by atoms with van der Waals surface area (Å²) in [4.78, 5) is 18.5. The van der Waals surface area contributed by atoms with E-state index in [0.29, 0.717) is 24.0 Å². The molecule has 1 aromatic carbocycles. The van der Waals surface area contributed by atoms with Crippen LogP contribution in [0.25, 0.3) is 0 Å². The number of nitrogens with zero attached hydrogens (tertiary/aromatic N) is 3. The van der Waals surface area contributed by atoms with Crippen LogP contribution in [0.2, 0.25) is 0 Å². The van der Waals surface area contributed by atoms with Crippen molar-refractivity contribution >= 4 is 5.91 Å². The molecule has 1 aromatic heterocycles. The highest BCUT2D eigenvalue weighted by molar-refractivity contribution is 5.77. The van der Waals surface area contributed by atoms with Gasteiger partial charge in [0.15, 0.2) is 12.4 Å². The van der Waals surface area contributed by atoms with Gasteiger partial charge in [-0.1, -0.05) is 24.2 Å². The maximum absolute atomic E-state index is 12.4. The molecule has 140 valence electrons. The quantitative estimate of drug-likeness (QED) is 0.756. The van der Waals surface area contributed by atoms with E-state index in [1.807, 2.05) is 38.1 Å². The summed E-state index contributed by atoms with van der Waals surface area (Å²) in [7, 11) is 0. The van der Waals surface area contributed by atoms with Crippen LogP contribution in [0.15, 0.2) is 28.8 Å². The molecule has 3 rings (SSSR count). The van der Waals surface area contributed by atoms with Crippen molar-refractivity contribution in [3.8, 4) is 5.75 Å². The maximum Gasteiger partial charge on any atom is 0.260 e. The highest BCUT2D eigenvalue weighted by atomic mass is 16.5. The van der Waals surface area contributed by atoms with Gasteiger partial charge in [0.25, 0.3) is 11.8 Å².